The lowest BCUT2D eigenvalue weighted by molar-refractivity contribution is 0.811. The molecule has 0 fully saturated rings. The van der Waals surface area contributed by atoms with Gasteiger partial charge < -0.3 is 4.57 Å². The van der Waals surface area contributed by atoms with Crippen LogP contribution in [0.4, 0.5) is 0 Å². The summed E-state index contributed by atoms with van der Waals surface area (Å²) in [5, 5.41) is 7.90. The van der Waals surface area contributed by atoms with Gasteiger partial charge >= 0.3 is 0 Å². The molecule has 2 nitrogen and oxygen atoms in total. The van der Waals surface area contributed by atoms with Crippen LogP contribution in [-0.4, -0.2) is 4.57 Å². The van der Waals surface area contributed by atoms with Gasteiger partial charge in [0.2, 0.25) is 0 Å². The van der Waals surface area contributed by atoms with Crippen molar-refractivity contribution in [1.29, 1.82) is 5.41 Å². The number of hydrogen-bond acceptors (Lipinski definition) is 2. The van der Waals surface area contributed by atoms with Gasteiger partial charge in [-0.2, -0.15) is 0 Å². The highest BCUT2D eigenvalue weighted by Crippen LogP contribution is 2.23. The average Bonchev–Trinajstić information content (AvgIpc) is 2.46. The predicted octanol–water partition coefficient (Wildman–Crippen LogP) is 3.56. The number of hydrogen-bond donors (Lipinski definition) is 1. The molecule has 4 heteroatoms. The van der Waals surface area contributed by atoms with Gasteiger partial charge in [-0.3, -0.25) is 5.41 Å². The van der Waals surface area contributed by atoms with Gasteiger partial charge in [0, 0.05) is 6.54 Å². The Kier molecular flexibility index (Phi) is 4.10. The minimum absolute atomic E-state index is 0. The minimum Gasteiger partial charge on any atom is -0.313 e. The molecule has 0 bridgehead atoms. The highest BCUT2D eigenvalue weighted by Gasteiger charge is 2.06. The summed E-state index contributed by atoms with van der Waals surface area (Å²) < 4.78 is 3.21. The molecule has 2 rings (SSSR count). The molecule has 0 amide bonds. The van der Waals surface area contributed by atoms with E-state index in [1.165, 1.54) is 27.2 Å². The van der Waals surface area contributed by atoms with Gasteiger partial charge in [0.25, 0.3) is 0 Å². The summed E-state index contributed by atoms with van der Waals surface area (Å²) in [6.07, 6.45) is 1.84. The molecular weight excluding hydrogens is 284 g/mol. The maximum Gasteiger partial charge on any atom is 0.183 e. The topological polar surface area (TPSA) is 28.8 Å². The molecule has 0 radical (unpaired) electrons. The van der Waals surface area contributed by atoms with Gasteiger partial charge in [-0.25, -0.2) is 0 Å². The summed E-state index contributed by atoms with van der Waals surface area (Å²) in [7, 11) is 0. The molecule has 0 atom stereocenters. The predicted molar refractivity (Wildman–Crippen MR) is 75.7 cm³/mol. The van der Waals surface area contributed by atoms with E-state index in [4.69, 9.17) is 5.41 Å². The number of nitrogens with zero attached hydrogens (tertiary/aromatic N) is 1. The van der Waals surface area contributed by atoms with Crippen LogP contribution >= 0.6 is 28.3 Å². The number of fused-ring (bicyclic) bond motifs is 1. The van der Waals surface area contributed by atoms with Crippen molar-refractivity contribution in [2.24, 2.45) is 0 Å². The van der Waals surface area contributed by atoms with E-state index >= 15 is 0 Å². The molecule has 0 saturated carbocycles. The van der Waals surface area contributed by atoms with Gasteiger partial charge in [-0.15, -0.1) is 23.6 Å². The maximum atomic E-state index is 7.90. The van der Waals surface area contributed by atoms with Gasteiger partial charge in [-0.05, 0) is 31.0 Å². The summed E-state index contributed by atoms with van der Waals surface area (Å²) in [6, 6.07) is 4.30. The molecule has 0 aliphatic rings. The molecule has 1 heterocycles. The Morgan fingerprint density at radius 3 is 2.75 bits per heavy atom. The van der Waals surface area contributed by atoms with Crippen LogP contribution in [0.15, 0.2) is 24.8 Å². The third-order valence-electron chi connectivity index (χ3n) is 2.45. The van der Waals surface area contributed by atoms with Crippen molar-refractivity contribution in [1.82, 2.24) is 4.57 Å². The Balaban J connectivity index is 0.00000128. The number of nitrogens with one attached hydrogen (secondary N) is 1. The molecule has 0 spiro atoms. The zero-order chi connectivity index (χ0) is 11.0. The van der Waals surface area contributed by atoms with Crippen molar-refractivity contribution in [2.45, 2.75) is 20.4 Å². The van der Waals surface area contributed by atoms with E-state index in [1.807, 2.05) is 10.6 Å². The standard InChI is InChI=1S/C12H14N2S.BrH/c1-4-5-14-10-7-8(2)6-9(3)11(10)15-12(14)13;/h4,6-7,13H,1,5H2,2-3H3;1H. The second-order valence-corrected chi connectivity index (χ2v) is 4.74. The number of halogens is 1. The zero-order valence-corrected chi connectivity index (χ0v) is 11.9. The monoisotopic (exact) mass is 298 g/mol. The van der Waals surface area contributed by atoms with Crippen molar-refractivity contribution >= 4 is 38.5 Å². The van der Waals surface area contributed by atoms with Crippen molar-refractivity contribution in [2.75, 3.05) is 0 Å². The normalized spacial score (nSPS) is 10.1. The molecule has 16 heavy (non-hydrogen) atoms. The van der Waals surface area contributed by atoms with Crippen LogP contribution in [0, 0.1) is 19.3 Å². The van der Waals surface area contributed by atoms with Crippen LogP contribution in [0.2, 0.25) is 0 Å². The van der Waals surface area contributed by atoms with E-state index in [1.54, 1.807) is 0 Å². The lowest BCUT2D eigenvalue weighted by atomic mass is 10.1. The van der Waals surface area contributed by atoms with E-state index in [-0.39, 0.29) is 17.0 Å². The molecule has 86 valence electrons. The van der Waals surface area contributed by atoms with Crippen LogP contribution < -0.4 is 4.80 Å². The summed E-state index contributed by atoms with van der Waals surface area (Å²) in [5.74, 6) is 0. The summed E-state index contributed by atoms with van der Waals surface area (Å²) in [4.78, 5) is 0.596. The van der Waals surface area contributed by atoms with Crippen LogP contribution in [0.3, 0.4) is 0 Å². The highest BCUT2D eigenvalue weighted by molar-refractivity contribution is 8.93. The lowest BCUT2D eigenvalue weighted by Crippen LogP contribution is -2.11. The first-order chi connectivity index (χ1) is 7.13. The lowest BCUT2D eigenvalue weighted by Gasteiger charge is -2.02. The second-order valence-electron chi connectivity index (χ2n) is 3.74. The molecule has 2 aromatic rings. The summed E-state index contributed by atoms with van der Waals surface area (Å²) in [5.41, 5.74) is 3.66. The number of benzene rings is 1. The highest BCUT2D eigenvalue weighted by atomic mass is 79.9. The Morgan fingerprint density at radius 2 is 2.12 bits per heavy atom. The van der Waals surface area contributed by atoms with Crippen molar-refractivity contribution < 1.29 is 0 Å². The number of aryl methyl sites for hydroxylation is 2. The fourth-order valence-corrected chi connectivity index (χ4v) is 2.81. The third kappa shape index (κ3) is 2.13. The maximum absolute atomic E-state index is 7.90. The van der Waals surface area contributed by atoms with Gasteiger partial charge in [0.15, 0.2) is 4.80 Å². The fraction of sp³-hybridized carbons (Fsp3) is 0.250. The molecular formula is C12H15BrN2S. The van der Waals surface area contributed by atoms with Crippen molar-refractivity contribution in [3.63, 3.8) is 0 Å². The smallest absolute Gasteiger partial charge is 0.183 e. The SMILES string of the molecule is Br.C=CCn1c(=N)sc2c(C)cc(C)cc21. The van der Waals surface area contributed by atoms with Crippen LogP contribution in [-0.2, 0) is 6.54 Å². The first kappa shape index (κ1) is 13.2. The summed E-state index contributed by atoms with van der Waals surface area (Å²) in [6.45, 7) is 8.63. The van der Waals surface area contributed by atoms with Crippen molar-refractivity contribution in [3.05, 3.63) is 40.7 Å². The average molecular weight is 299 g/mol. The quantitative estimate of drug-likeness (QED) is 0.822. The van der Waals surface area contributed by atoms with E-state index in [2.05, 4.69) is 32.6 Å². The van der Waals surface area contributed by atoms with E-state index in [0.29, 0.717) is 11.3 Å². The van der Waals surface area contributed by atoms with Crippen molar-refractivity contribution in [3.8, 4) is 0 Å². The van der Waals surface area contributed by atoms with Gasteiger partial charge in [0.05, 0.1) is 10.2 Å². The van der Waals surface area contributed by atoms with Crippen LogP contribution in [0.25, 0.3) is 10.2 Å². The molecule has 0 aliphatic carbocycles. The Bertz CT molecular complexity index is 580. The molecule has 1 aromatic heterocycles. The first-order valence-electron chi connectivity index (χ1n) is 4.89. The molecule has 0 aliphatic heterocycles. The Morgan fingerprint density at radius 1 is 1.44 bits per heavy atom. The molecule has 0 saturated heterocycles. The fourth-order valence-electron chi connectivity index (χ4n) is 1.84. The van der Waals surface area contributed by atoms with E-state index in [0.717, 1.165) is 5.52 Å². The number of aromatic nitrogens is 1. The third-order valence-corrected chi connectivity index (χ3v) is 3.59. The molecule has 1 N–H and O–H groups in total. The van der Waals surface area contributed by atoms with Gasteiger partial charge in [0.1, 0.15) is 0 Å². The zero-order valence-electron chi connectivity index (χ0n) is 9.41. The Hall–Kier alpha value is -0.870. The minimum atomic E-state index is 0. The van der Waals surface area contributed by atoms with E-state index < -0.39 is 0 Å². The number of rotatable bonds is 2. The number of thiazole rings is 1. The molecule has 0 unspecified atom stereocenters. The number of allylic oxidation sites excluding steroid dienone is 1. The molecule has 1 aromatic carbocycles. The second kappa shape index (κ2) is 4.97. The van der Waals surface area contributed by atoms with Gasteiger partial charge in [-0.1, -0.05) is 23.5 Å². The summed E-state index contributed by atoms with van der Waals surface area (Å²) >= 11 is 1.54. The van der Waals surface area contributed by atoms with Crippen LogP contribution in [0.5, 0.6) is 0 Å². The van der Waals surface area contributed by atoms with E-state index in [9.17, 15) is 0 Å². The Labute approximate surface area is 110 Å². The first-order valence-corrected chi connectivity index (χ1v) is 5.71. The largest absolute Gasteiger partial charge is 0.313 e. The van der Waals surface area contributed by atoms with Crippen LogP contribution in [0.1, 0.15) is 11.1 Å².